The van der Waals surface area contributed by atoms with E-state index >= 15 is 4.39 Å². The number of aliphatic hydroxyl groups excluding tert-OH is 1. The monoisotopic (exact) mass is 968 g/mol. The van der Waals surface area contributed by atoms with Crippen molar-refractivity contribution in [3.8, 4) is 0 Å². The fourth-order valence-corrected chi connectivity index (χ4v) is 10.1. The highest BCUT2D eigenvalue weighted by Gasteiger charge is 2.64. The number of nitrogens with zero attached hydrogens (tertiary/aromatic N) is 5. The van der Waals surface area contributed by atoms with Crippen molar-refractivity contribution in [1.29, 1.82) is 0 Å². The minimum Gasteiger partial charge on any atom is -0.462 e. The van der Waals surface area contributed by atoms with Crippen LogP contribution in [0.1, 0.15) is 54.4 Å². The first-order valence-electron chi connectivity index (χ1n) is 20.9. The normalized spacial score (nSPS) is 20.5. The number of thioether (sulfide) groups is 1. The maximum atomic E-state index is 15.7. The summed E-state index contributed by atoms with van der Waals surface area (Å²) in [5.41, 5.74) is -0.0239. The number of halogens is 3. The molecule has 0 bridgehead atoms. The molecule has 0 radical (unpaired) electrons. The number of rotatable bonds is 15. The van der Waals surface area contributed by atoms with E-state index in [1.807, 2.05) is 18.9 Å². The number of carbonyl (C=O) groups is 5. The summed E-state index contributed by atoms with van der Waals surface area (Å²) in [4.78, 5) is 96.6. The Morgan fingerprint density at radius 2 is 1.65 bits per heavy atom. The topological polar surface area (TPSA) is 226 Å². The van der Waals surface area contributed by atoms with E-state index in [9.17, 15) is 44.0 Å². The number of amides is 4. The van der Waals surface area contributed by atoms with Crippen LogP contribution in [-0.4, -0.2) is 127 Å². The molecule has 6 unspecified atom stereocenters. The number of likely N-dealkylation sites (N-methyl/N-ethyl adjacent to an activating group) is 1. The Kier molecular flexibility index (Phi) is 14.3. The van der Waals surface area contributed by atoms with E-state index in [0.717, 1.165) is 31.3 Å². The van der Waals surface area contributed by atoms with Gasteiger partial charge in [-0.25, -0.2) is 9.18 Å². The van der Waals surface area contributed by atoms with Crippen molar-refractivity contribution in [3.63, 3.8) is 0 Å². The zero-order valence-electron chi connectivity index (χ0n) is 36.1. The maximum Gasteiger partial charge on any atom is 0.330 e. The lowest BCUT2D eigenvalue weighted by Crippen LogP contribution is -2.71. The molecule has 3 aromatic carbocycles. The van der Waals surface area contributed by atoms with Gasteiger partial charge in [0.25, 0.3) is 17.5 Å². The van der Waals surface area contributed by atoms with Crippen LogP contribution in [0.3, 0.4) is 0 Å². The van der Waals surface area contributed by atoms with Crippen LogP contribution in [0, 0.1) is 15.9 Å². The van der Waals surface area contributed by atoms with Crippen LogP contribution in [0.25, 0.3) is 10.9 Å². The molecule has 3 fully saturated rings. The van der Waals surface area contributed by atoms with E-state index in [1.54, 1.807) is 54.8 Å². The number of anilines is 1. The van der Waals surface area contributed by atoms with Gasteiger partial charge in [0.05, 0.1) is 22.2 Å². The zero-order chi connectivity index (χ0) is 47.8. The number of nitro groups is 1. The number of pyridine rings is 1. The Hall–Kier alpha value is -5.80. The number of aliphatic hydroxyl groups is 1. The molecule has 4 heterocycles. The third-order valence-corrected chi connectivity index (χ3v) is 13.9. The fourth-order valence-electron chi connectivity index (χ4n) is 8.36. The van der Waals surface area contributed by atoms with Crippen LogP contribution < -0.4 is 26.3 Å². The van der Waals surface area contributed by atoms with Gasteiger partial charge in [0.1, 0.15) is 47.6 Å². The molecule has 4 aromatic rings. The molecule has 66 heavy (non-hydrogen) atoms. The van der Waals surface area contributed by atoms with Gasteiger partial charge in [-0.15, -0.1) is 11.8 Å². The van der Waals surface area contributed by atoms with Crippen molar-refractivity contribution in [1.82, 2.24) is 30.3 Å². The predicted molar refractivity (Wildman–Crippen MR) is 245 cm³/mol. The molecule has 7 rings (SSSR count). The first-order chi connectivity index (χ1) is 31.3. The molecule has 0 saturated carbocycles. The number of β-lactam (4-membered cyclic amide) rings is 1. The minimum atomic E-state index is -1.55. The molecule has 350 valence electrons. The second-order valence-corrected chi connectivity index (χ2v) is 19.5. The second kappa shape index (κ2) is 19.6. The number of aromatic nitrogens is 1. The summed E-state index contributed by atoms with van der Waals surface area (Å²) in [6.07, 6.45) is -0.164. The molecular weight excluding hydrogens is 923 g/mol. The largest absolute Gasteiger partial charge is 0.462 e. The van der Waals surface area contributed by atoms with Gasteiger partial charge in [-0.05, 0) is 63.2 Å². The summed E-state index contributed by atoms with van der Waals surface area (Å²) >= 11 is 12.7. The van der Waals surface area contributed by atoms with Crippen molar-refractivity contribution in [2.24, 2.45) is 0 Å². The number of hydrogen-bond donors (Lipinski definition) is 4. The summed E-state index contributed by atoms with van der Waals surface area (Å²) < 4.78 is 22.0. The molecule has 0 spiro atoms. The van der Waals surface area contributed by atoms with Crippen LogP contribution in [0.5, 0.6) is 0 Å². The van der Waals surface area contributed by atoms with E-state index in [1.165, 1.54) is 35.0 Å². The number of alkyl halides is 2. The summed E-state index contributed by atoms with van der Waals surface area (Å²) in [7, 11) is 1.99. The quantitative estimate of drug-likeness (QED) is 0.0441. The standard InChI is InChI=1S/C44H47Cl2FN8O10S/c1-5-52-21-27(35(57)26-19-28(47)31(20-30(26)52)53-17-15-51(4)16-18-53)38(58)49-32(23-9-7-6-8-10-23)39(59)50-33-41(61)54-36(44(2,3)66-42(33)54)43(62)65-22-29(48-40(60)37(45)46)34(56)24-11-13-25(14-12-24)55(63)64/h6-14,19-21,29,32-34,36-37,42,56H,5,15-18,22H2,1-4H3,(H,48,60)(H,49,58)(H,50,59). The van der Waals surface area contributed by atoms with E-state index in [-0.39, 0.29) is 22.2 Å². The van der Waals surface area contributed by atoms with Crippen LogP contribution in [0.15, 0.2) is 77.7 Å². The number of aryl methyl sites for hydroxylation is 1. The number of ether oxygens (including phenoxy) is 1. The van der Waals surface area contributed by atoms with Gasteiger partial charge >= 0.3 is 5.97 Å². The van der Waals surface area contributed by atoms with Gasteiger partial charge in [-0.3, -0.25) is 34.1 Å². The third kappa shape index (κ3) is 9.69. The number of hydrogen-bond acceptors (Lipinski definition) is 13. The summed E-state index contributed by atoms with van der Waals surface area (Å²) in [6.45, 7) is 7.61. The number of carbonyl (C=O) groups excluding carboxylic acids is 5. The fraction of sp³-hybridized carbons (Fsp3) is 0.409. The SMILES string of the molecule is CCn1cc(C(=O)NC(C(=O)NC2C(=O)N3C2SC(C)(C)C3C(=O)OCC(NC(=O)C(Cl)Cl)C(O)c2ccc([N+](=O)[O-])cc2)c2ccccc2)c(=O)c2cc(F)c(N3CCN(C)CC3)cc21. The zero-order valence-corrected chi connectivity index (χ0v) is 38.4. The first kappa shape index (κ1) is 48.1. The number of esters is 1. The molecule has 0 aliphatic carbocycles. The van der Waals surface area contributed by atoms with Gasteiger partial charge in [0.2, 0.25) is 17.2 Å². The number of non-ortho nitro benzene ring substituents is 1. The second-order valence-electron chi connectivity index (χ2n) is 16.7. The summed E-state index contributed by atoms with van der Waals surface area (Å²) in [5.74, 6) is -4.73. The molecule has 3 aliphatic rings. The first-order valence-corrected chi connectivity index (χ1v) is 22.7. The molecule has 22 heteroatoms. The Balaban J connectivity index is 1.07. The highest BCUT2D eigenvalue weighted by atomic mass is 35.5. The average Bonchev–Trinajstić information content (AvgIpc) is 3.55. The number of fused-ring (bicyclic) bond motifs is 2. The van der Waals surface area contributed by atoms with Gasteiger partial charge < -0.3 is 45.1 Å². The smallest absolute Gasteiger partial charge is 0.330 e. The van der Waals surface area contributed by atoms with Crippen molar-refractivity contribution in [2.75, 3.05) is 44.7 Å². The third-order valence-electron chi connectivity index (χ3n) is 12.0. The van der Waals surface area contributed by atoms with E-state index in [4.69, 9.17) is 27.9 Å². The lowest BCUT2D eigenvalue weighted by molar-refractivity contribution is -0.384. The highest BCUT2D eigenvalue weighted by Crippen LogP contribution is 2.51. The molecule has 4 N–H and O–H groups in total. The van der Waals surface area contributed by atoms with Gasteiger partial charge in [-0.1, -0.05) is 53.5 Å². The van der Waals surface area contributed by atoms with E-state index < -0.39 is 97.6 Å². The number of benzene rings is 3. The highest BCUT2D eigenvalue weighted by molar-refractivity contribution is 8.01. The Morgan fingerprint density at radius 1 is 0.985 bits per heavy atom. The molecule has 4 amide bonds. The van der Waals surface area contributed by atoms with Crippen molar-refractivity contribution in [3.05, 3.63) is 116 Å². The molecule has 3 saturated heterocycles. The number of nitrogens with one attached hydrogen (secondary N) is 3. The Bertz CT molecular complexity index is 2620. The predicted octanol–water partition coefficient (Wildman–Crippen LogP) is 3.40. The van der Waals surface area contributed by atoms with E-state index in [0.29, 0.717) is 36.4 Å². The lowest BCUT2D eigenvalue weighted by atomic mass is 9.95. The van der Waals surface area contributed by atoms with Crippen LogP contribution in [0.4, 0.5) is 15.8 Å². The number of nitro benzene ring substituents is 1. The van der Waals surface area contributed by atoms with Gasteiger partial charge in [-0.2, -0.15) is 0 Å². The molecule has 6 atom stereocenters. The van der Waals surface area contributed by atoms with E-state index in [2.05, 4.69) is 20.9 Å². The lowest BCUT2D eigenvalue weighted by Gasteiger charge is -2.44. The van der Waals surface area contributed by atoms with Crippen LogP contribution in [0.2, 0.25) is 0 Å². The summed E-state index contributed by atoms with van der Waals surface area (Å²) in [5, 5.41) is 29.3. The van der Waals surface area contributed by atoms with Crippen molar-refractivity contribution in [2.45, 2.75) is 72.5 Å². The van der Waals surface area contributed by atoms with Crippen molar-refractivity contribution >= 4 is 86.8 Å². The number of piperazine rings is 1. The molecule has 1 aromatic heterocycles. The Labute approximate surface area is 391 Å². The minimum absolute atomic E-state index is 0.00482. The average molecular weight is 970 g/mol. The molecular formula is C44H47Cl2FN8O10S. The summed E-state index contributed by atoms with van der Waals surface area (Å²) in [6, 6.07) is 10.7. The van der Waals surface area contributed by atoms with Crippen LogP contribution in [-0.2, 0) is 30.5 Å². The van der Waals surface area contributed by atoms with Crippen molar-refractivity contribution < 1.29 is 43.1 Å². The van der Waals surface area contributed by atoms with Crippen LogP contribution >= 0.6 is 35.0 Å². The maximum absolute atomic E-state index is 15.7. The van der Waals surface area contributed by atoms with Gasteiger partial charge in [0.15, 0.2) is 4.84 Å². The Morgan fingerprint density at radius 3 is 2.27 bits per heavy atom. The molecule has 18 nitrogen and oxygen atoms in total. The van der Waals surface area contributed by atoms with Gasteiger partial charge in [0, 0.05) is 61.2 Å². The molecule has 3 aliphatic heterocycles.